The number of anilines is 1. The highest BCUT2D eigenvalue weighted by Gasteiger charge is 2.13. The van der Waals surface area contributed by atoms with E-state index in [2.05, 4.69) is 17.2 Å². The maximum atomic E-state index is 11.6. The molecular weight excluding hydrogens is 210 g/mol. The van der Waals surface area contributed by atoms with E-state index in [1.54, 1.807) is 0 Å². The zero-order chi connectivity index (χ0) is 11.3. The lowest BCUT2D eigenvalue weighted by Gasteiger charge is -2.09. The smallest absolute Gasteiger partial charge is 0.243 e. The lowest BCUT2D eigenvalue weighted by atomic mass is 10.1. The monoisotopic (exact) mass is 227 g/mol. The van der Waals surface area contributed by atoms with Crippen molar-refractivity contribution in [3.8, 4) is 0 Å². The molecule has 0 saturated carbocycles. The lowest BCUT2D eigenvalue weighted by molar-refractivity contribution is -0.117. The van der Waals surface area contributed by atoms with Crippen molar-refractivity contribution in [1.29, 1.82) is 0 Å². The molecule has 1 aromatic rings. The van der Waals surface area contributed by atoms with E-state index in [1.807, 2.05) is 12.3 Å². The first kappa shape index (κ1) is 12.1. The Morgan fingerprint density at radius 1 is 1.73 bits per heavy atom. The molecule has 1 rings (SSSR count). The minimum Gasteiger partial charge on any atom is -0.320 e. The maximum Gasteiger partial charge on any atom is 0.243 e. The molecule has 5 heteroatoms. The SMILES string of the molecule is CCCC[C@H](N)C(=O)Nc1nc(C)cs1. The van der Waals surface area contributed by atoms with E-state index in [1.165, 1.54) is 11.3 Å². The standard InChI is InChI=1S/C10H17N3OS/c1-3-4-5-8(11)9(14)13-10-12-7(2)6-15-10/h6,8H,3-5,11H2,1-2H3,(H,12,13,14)/t8-/m0/s1. The van der Waals surface area contributed by atoms with Crippen LogP contribution in [0.25, 0.3) is 0 Å². The maximum absolute atomic E-state index is 11.6. The Balaban J connectivity index is 2.41. The molecule has 0 aliphatic carbocycles. The Hall–Kier alpha value is -0.940. The summed E-state index contributed by atoms with van der Waals surface area (Å²) in [6.45, 7) is 3.97. The molecule has 4 nitrogen and oxygen atoms in total. The van der Waals surface area contributed by atoms with Crippen molar-refractivity contribution >= 4 is 22.4 Å². The fourth-order valence-electron chi connectivity index (χ4n) is 1.16. The first-order chi connectivity index (χ1) is 7.13. The van der Waals surface area contributed by atoms with E-state index in [0.29, 0.717) is 5.13 Å². The molecule has 0 aliphatic heterocycles. The Bertz CT molecular complexity index is 324. The number of carbonyl (C=O) groups is 1. The fraction of sp³-hybridized carbons (Fsp3) is 0.600. The molecule has 0 aromatic carbocycles. The van der Waals surface area contributed by atoms with Crippen molar-refractivity contribution in [2.45, 2.75) is 39.2 Å². The number of aromatic nitrogens is 1. The third-order valence-electron chi connectivity index (χ3n) is 2.05. The Morgan fingerprint density at radius 2 is 2.47 bits per heavy atom. The summed E-state index contributed by atoms with van der Waals surface area (Å²) in [6.07, 6.45) is 2.76. The largest absolute Gasteiger partial charge is 0.320 e. The second-order valence-corrected chi connectivity index (χ2v) is 4.39. The van der Waals surface area contributed by atoms with Gasteiger partial charge in [0.15, 0.2) is 5.13 Å². The summed E-state index contributed by atoms with van der Waals surface area (Å²) in [7, 11) is 0. The van der Waals surface area contributed by atoms with Crippen LogP contribution in [0, 0.1) is 6.92 Å². The summed E-state index contributed by atoms with van der Waals surface area (Å²) in [5.41, 5.74) is 6.64. The van der Waals surface area contributed by atoms with Gasteiger partial charge in [-0.3, -0.25) is 4.79 Å². The van der Waals surface area contributed by atoms with Gasteiger partial charge >= 0.3 is 0 Å². The van der Waals surface area contributed by atoms with Crippen LogP contribution in [0.15, 0.2) is 5.38 Å². The number of hydrogen-bond donors (Lipinski definition) is 2. The second-order valence-electron chi connectivity index (χ2n) is 3.53. The van der Waals surface area contributed by atoms with Crippen molar-refractivity contribution < 1.29 is 4.79 Å². The first-order valence-corrected chi connectivity index (χ1v) is 6.00. The zero-order valence-electron chi connectivity index (χ0n) is 9.12. The van der Waals surface area contributed by atoms with E-state index in [0.717, 1.165) is 25.0 Å². The third kappa shape index (κ3) is 3.97. The van der Waals surface area contributed by atoms with E-state index in [4.69, 9.17) is 5.73 Å². The number of nitrogens with one attached hydrogen (secondary N) is 1. The Kier molecular flexibility index (Phi) is 4.71. The molecule has 1 atom stereocenters. The minimum atomic E-state index is -0.422. The van der Waals surface area contributed by atoms with Gasteiger partial charge in [-0.2, -0.15) is 0 Å². The Labute approximate surface area is 93.9 Å². The van der Waals surface area contributed by atoms with Crippen molar-refractivity contribution in [3.63, 3.8) is 0 Å². The first-order valence-electron chi connectivity index (χ1n) is 5.12. The van der Waals surface area contributed by atoms with Crippen LogP contribution in [-0.2, 0) is 4.79 Å². The van der Waals surface area contributed by atoms with Crippen LogP contribution in [0.1, 0.15) is 31.9 Å². The third-order valence-corrected chi connectivity index (χ3v) is 2.93. The molecule has 0 bridgehead atoms. The van der Waals surface area contributed by atoms with Crippen LogP contribution < -0.4 is 11.1 Å². The average Bonchev–Trinajstić information content (AvgIpc) is 2.60. The molecule has 3 N–H and O–H groups in total. The van der Waals surface area contributed by atoms with Crippen molar-refractivity contribution in [2.24, 2.45) is 5.73 Å². The highest BCUT2D eigenvalue weighted by Crippen LogP contribution is 2.14. The zero-order valence-corrected chi connectivity index (χ0v) is 9.93. The molecule has 0 saturated heterocycles. The van der Waals surface area contributed by atoms with Crippen LogP contribution in [0.2, 0.25) is 0 Å². The van der Waals surface area contributed by atoms with Gasteiger partial charge in [-0.1, -0.05) is 19.8 Å². The van der Waals surface area contributed by atoms with Gasteiger partial charge in [-0.05, 0) is 13.3 Å². The van der Waals surface area contributed by atoms with Gasteiger partial charge in [0.1, 0.15) is 0 Å². The molecule has 0 aliphatic rings. The molecule has 0 spiro atoms. The molecular formula is C10H17N3OS. The molecule has 0 radical (unpaired) electrons. The van der Waals surface area contributed by atoms with Crippen molar-refractivity contribution in [3.05, 3.63) is 11.1 Å². The van der Waals surface area contributed by atoms with E-state index >= 15 is 0 Å². The summed E-state index contributed by atoms with van der Waals surface area (Å²) in [4.78, 5) is 15.7. The summed E-state index contributed by atoms with van der Waals surface area (Å²) in [6, 6.07) is -0.422. The number of rotatable bonds is 5. The van der Waals surface area contributed by atoms with E-state index in [-0.39, 0.29) is 5.91 Å². The molecule has 1 amide bonds. The number of unbranched alkanes of at least 4 members (excludes halogenated alkanes) is 1. The average molecular weight is 227 g/mol. The van der Waals surface area contributed by atoms with Crippen molar-refractivity contribution in [2.75, 3.05) is 5.32 Å². The molecule has 0 unspecified atom stereocenters. The predicted octanol–water partition coefficient (Wildman–Crippen LogP) is 1.91. The molecule has 84 valence electrons. The van der Waals surface area contributed by atoms with Gasteiger partial charge in [0.05, 0.1) is 11.7 Å². The highest BCUT2D eigenvalue weighted by molar-refractivity contribution is 7.13. The fourth-order valence-corrected chi connectivity index (χ4v) is 1.86. The summed E-state index contributed by atoms with van der Waals surface area (Å²) >= 11 is 1.42. The van der Waals surface area contributed by atoms with Gasteiger partial charge < -0.3 is 11.1 Å². The van der Waals surface area contributed by atoms with E-state index in [9.17, 15) is 4.79 Å². The molecule has 1 heterocycles. The van der Waals surface area contributed by atoms with Crippen LogP contribution in [-0.4, -0.2) is 16.9 Å². The van der Waals surface area contributed by atoms with Gasteiger partial charge in [0.25, 0.3) is 0 Å². The van der Waals surface area contributed by atoms with Gasteiger partial charge in [-0.15, -0.1) is 11.3 Å². The summed E-state index contributed by atoms with van der Waals surface area (Å²) < 4.78 is 0. The summed E-state index contributed by atoms with van der Waals surface area (Å²) in [5.74, 6) is -0.141. The quantitative estimate of drug-likeness (QED) is 0.807. The predicted molar refractivity (Wildman–Crippen MR) is 63.0 cm³/mol. The number of amides is 1. The number of nitrogens with zero attached hydrogens (tertiary/aromatic N) is 1. The minimum absolute atomic E-state index is 0.141. The number of hydrogen-bond acceptors (Lipinski definition) is 4. The number of nitrogens with two attached hydrogens (primary N) is 1. The summed E-state index contributed by atoms with van der Waals surface area (Å²) in [5, 5.41) is 5.24. The Morgan fingerprint density at radius 3 is 3.00 bits per heavy atom. The number of aryl methyl sites for hydroxylation is 1. The molecule has 1 aromatic heterocycles. The normalized spacial score (nSPS) is 12.5. The van der Waals surface area contributed by atoms with E-state index < -0.39 is 6.04 Å². The van der Waals surface area contributed by atoms with Gasteiger partial charge in [0.2, 0.25) is 5.91 Å². The topological polar surface area (TPSA) is 68.0 Å². The molecule has 0 fully saturated rings. The van der Waals surface area contributed by atoms with Crippen LogP contribution in [0.4, 0.5) is 5.13 Å². The van der Waals surface area contributed by atoms with Crippen LogP contribution in [0.3, 0.4) is 0 Å². The second kappa shape index (κ2) is 5.82. The van der Waals surface area contributed by atoms with Gasteiger partial charge in [0, 0.05) is 5.38 Å². The van der Waals surface area contributed by atoms with Crippen molar-refractivity contribution in [1.82, 2.24) is 4.98 Å². The number of thiazole rings is 1. The molecule has 15 heavy (non-hydrogen) atoms. The van der Waals surface area contributed by atoms with Crippen LogP contribution in [0.5, 0.6) is 0 Å². The highest BCUT2D eigenvalue weighted by atomic mass is 32.1. The van der Waals surface area contributed by atoms with Crippen LogP contribution >= 0.6 is 11.3 Å². The van der Waals surface area contributed by atoms with Gasteiger partial charge in [-0.25, -0.2) is 4.98 Å². The lowest BCUT2D eigenvalue weighted by Crippen LogP contribution is -2.35. The number of carbonyl (C=O) groups excluding carboxylic acids is 1.